The van der Waals surface area contributed by atoms with Gasteiger partial charge < -0.3 is 5.32 Å². The Morgan fingerprint density at radius 2 is 1.90 bits per heavy atom. The second kappa shape index (κ2) is 8.02. The first-order valence-electron chi connectivity index (χ1n) is 9.20. The molecule has 1 N–H and O–H groups in total. The number of nitrogens with zero attached hydrogens (tertiary/aromatic N) is 5. The number of pyridine rings is 1. The summed E-state index contributed by atoms with van der Waals surface area (Å²) in [4.78, 5) is 24.6. The molecule has 1 amide bonds. The van der Waals surface area contributed by atoms with Crippen LogP contribution in [0.4, 0.5) is 0 Å². The summed E-state index contributed by atoms with van der Waals surface area (Å²) in [5, 5.41) is 7.53. The quantitative estimate of drug-likeness (QED) is 0.571. The lowest BCUT2D eigenvalue weighted by molar-refractivity contribution is 0.0945. The molecule has 0 aliphatic heterocycles. The maximum Gasteiger partial charge on any atom is 0.271 e. The highest BCUT2D eigenvalue weighted by Gasteiger charge is 2.13. The van der Waals surface area contributed by atoms with E-state index in [4.69, 9.17) is 0 Å². The Morgan fingerprint density at radius 1 is 1.07 bits per heavy atom. The van der Waals surface area contributed by atoms with Crippen LogP contribution in [0.2, 0.25) is 0 Å². The molecular weight excluding hydrogens is 364 g/mol. The lowest BCUT2D eigenvalue weighted by Crippen LogP contribution is -2.24. The van der Waals surface area contributed by atoms with Crippen LogP contribution in [0, 0.1) is 6.92 Å². The van der Waals surface area contributed by atoms with E-state index in [1.54, 1.807) is 23.3 Å². The van der Waals surface area contributed by atoms with Gasteiger partial charge in [0.25, 0.3) is 5.91 Å². The minimum Gasteiger partial charge on any atom is -0.347 e. The standard InChI is InChI=1S/C22H20N6O/c1-15-11-25-20(13-24-15)22(29)26-12-16-4-3-5-18(10-16)21-19(14-28(2)27-21)17-6-8-23-9-7-17/h3-11,13-14H,12H2,1-2H3,(H,26,29). The van der Waals surface area contributed by atoms with Gasteiger partial charge in [-0.1, -0.05) is 18.2 Å². The van der Waals surface area contributed by atoms with Crippen molar-refractivity contribution < 1.29 is 4.79 Å². The molecular formula is C22H20N6O. The van der Waals surface area contributed by atoms with Crippen molar-refractivity contribution in [2.24, 2.45) is 7.05 Å². The predicted octanol–water partition coefficient (Wildman–Crippen LogP) is 3.18. The summed E-state index contributed by atoms with van der Waals surface area (Å²) in [5.41, 5.74) is 6.01. The van der Waals surface area contributed by atoms with Crippen molar-refractivity contribution >= 4 is 5.91 Å². The van der Waals surface area contributed by atoms with Crippen LogP contribution in [0.3, 0.4) is 0 Å². The highest BCUT2D eigenvalue weighted by Crippen LogP contribution is 2.30. The second-order valence-corrected chi connectivity index (χ2v) is 6.73. The molecule has 0 aliphatic rings. The van der Waals surface area contributed by atoms with Gasteiger partial charge in [-0.15, -0.1) is 0 Å². The van der Waals surface area contributed by atoms with Crippen molar-refractivity contribution in [3.05, 3.63) is 84.3 Å². The van der Waals surface area contributed by atoms with Crippen LogP contribution in [-0.4, -0.2) is 30.6 Å². The van der Waals surface area contributed by atoms with E-state index in [9.17, 15) is 4.79 Å². The van der Waals surface area contributed by atoms with Crippen molar-refractivity contribution in [1.82, 2.24) is 30.0 Å². The monoisotopic (exact) mass is 384 g/mol. The highest BCUT2D eigenvalue weighted by atomic mass is 16.1. The SMILES string of the molecule is Cc1cnc(C(=O)NCc2cccc(-c3nn(C)cc3-c3ccncc3)c2)cn1. The van der Waals surface area contributed by atoms with Gasteiger partial charge in [0.15, 0.2) is 0 Å². The summed E-state index contributed by atoms with van der Waals surface area (Å²) >= 11 is 0. The van der Waals surface area contributed by atoms with Crippen molar-refractivity contribution in [2.75, 3.05) is 0 Å². The predicted molar refractivity (Wildman–Crippen MR) is 110 cm³/mol. The summed E-state index contributed by atoms with van der Waals surface area (Å²) in [6.45, 7) is 2.22. The second-order valence-electron chi connectivity index (χ2n) is 6.73. The molecule has 0 spiro atoms. The van der Waals surface area contributed by atoms with E-state index in [-0.39, 0.29) is 5.91 Å². The van der Waals surface area contributed by atoms with Crippen LogP contribution < -0.4 is 5.32 Å². The smallest absolute Gasteiger partial charge is 0.271 e. The summed E-state index contributed by atoms with van der Waals surface area (Å²) in [7, 11) is 1.90. The number of carbonyl (C=O) groups excluding carboxylic acids is 1. The number of benzene rings is 1. The molecule has 7 nitrogen and oxygen atoms in total. The lowest BCUT2D eigenvalue weighted by atomic mass is 10.0. The third-order valence-electron chi connectivity index (χ3n) is 4.49. The molecule has 0 aliphatic carbocycles. The van der Waals surface area contributed by atoms with Crippen LogP contribution in [0.15, 0.2) is 67.4 Å². The molecule has 0 saturated heterocycles. The molecule has 0 atom stereocenters. The molecule has 7 heteroatoms. The van der Waals surface area contributed by atoms with Crippen molar-refractivity contribution in [2.45, 2.75) is 13.5 Å². The number of aryl methyl sites for hydroxylation is 2. The first-order chi connectivity index (χ1) is 14.1. The number of nitrogens with one attached hydrogen (secondary N) is 1. The first kappa shape index (κ1) is 18.5. The molecule has 144 valence electrons. The molecule has 1 aromatic carbocycles. The highest BCUT2D eigenvalue weighted by molar-refractivity contribution is 5.91. The molecule has 0 unspecified atom stereocenters. The molecule has 4 rings (SSSR count). The van der Waals surface area contributed by atoms with Crippen LogP contribution in [-0.2, 0) is 13.6 Å². The number of hydrogen-bond donors (Lipinski definition) is 1. The third kappa shape index (κ3) is 4.19. The zero-order chi connectivity index (χ0) is 20.2. The molecule has 0 radical (unpaired) electrons. The van der Waals surface area contributed by atoms with Crippen LogP contribution >= 0.6 is 0 Å². The number of amides is 1. The Hall–Kier alpha value is -3.87. The molecule has 3 heterocycles. The van der Waals surface area contributed by atoms with E-state index in [1.165, 1.54) is 6.20 Å². The fourth-order valence-corrected chi connectivity index (χ4v) is 3.06. The zero-order valence-corrected chi connectivity index (χ0v) is 16.2. The van der Waals surface area contributed by atoms with Crippen molar-refractivity contribution in [3.63, 3.8) is 0 Å². The molecule has 0 fully saturated rings. The maximum absolute atomic E-state index is 12.3. The first-order valence-corrected chi connectivity index (χ1v) is 9.20. The fraction of sp³-hybridized carbons (Fsp3) is 0.136. The summed E-state index contributed by atoms with van der Waals surface area (Å²) in [6, 6.07) is 11.9. The van der Waals surface area contributed by atoms with Gasteiger partial charge in [0.2, 0.25) is 0 Å². The summed E-state index contributed by atoms with van der Waals surface area (Å²) in [6.07, 6.45) is 8.60. The molecule has 29 heavy (non-hydrogen) atoms. The number of carbonyl (C=O) groups is 1. The minimum atomic E-state index is -0.252. The molecule has 0 bridgehead atoms. The Labute approximate surface area is 168 Å². The van der Waals surface area contributed by atoms with Crippen LogP contribution in [0.1, 0.15) is 21.7 Å². The topological polar surface area (TPSA) is 85.6 Å². The maximum atomic E-state index is 12.3. The molecule has 3 aromatic heterocycles. The van der Waals surface area contributed by atoms with Gasteiger partial charge in [-0.25, -0.2) is 4.98 Å². The largest absolute Gasteiger partial charge is 0.347 e. The Morgan fingerprint density at radius 3 is 2.66 bits per heavy atom. The Balaban J connectivity index is 1.55. The normalized spacial score (nSPS) is 10.7. The van der Waals surface area contributed by atoms with Gasteiger partial charge >= 0.3 is 0 Å². The van der Waals surface area contributed by atoms with Crippen LogP contribution in [0.25, 0.3) is 22.4 Å². The Kier molecular flexibility index (Phi) is 5.11. The van der Waals surface area contributed by atoms with E-state index in [0.29, 0.717) is 12.2 Å². The minimum absolute atomic E-state index is 0.252. The molecule has 4 aromatic rings. The lowest BCUT2D eigenvalue weighted by Gasteiger charge is -2.08. The molecule has 0 saturated carbocycles. The third-order valence-corrected chi connectivity index (χ3v) is 4.49. The van der Waals surface area contributed by atoms with Crippen LogP contribution in [0.5, 0.6) is 0 Å². The van der Waals surface area contributed by atoms with E-state index in [2.05, 4.69) is 25.4 Å². The van der Waals surface area contributed by atoms with Gasteiger partial charge in [0.05, 0.1) is 11.9 Å². The van der Waals surface area contributed by atoms with Gasteiger partial charge in [0, 0.05) is 49.5 Å². The number of rotatable bonds is 5. The summed E-state index contributed by atoms with van der Waals surface area (Å²) in [5.74, 6) is -0.252. The van der Waals surface area contributed by atoms with Gasteiger partial charge in [0.1, 0.15) is 11.4 Å². The van der Waals surface area contributed by atoms with Gasteiger partial charge in [-0.3, -0.25) is 19.4 Å². The van der Waals surface area contributed by atoms with Gasteiger partial charge in [-0.05, 0) is 36.2 Å². The average molecular weight is 384 g/mol. The van der Waals surface area contributed by atoms with Gasteiger partial charge in [-0.2, -0.15) is 5.10 Å². The average Bonchev–Trinajstić information content (AvgIpc) is 3.15. The van der Waals surface area contributed by atoms with Crippen molar-refractivity contribution in [3.8, 4) is 22.4 Å². The van der Waals surface area contributed by atoms with E-state index in [0.717, 1.165) is 33.6 Å². The number of hydrogen-bond acceptors (Lipinski definition) is 5. The van der Waals surface area contributed by atoms with E-state index >= 15 is 0 Å². The zero-order valence-electron chi connectivity index (χ0n) is 16.2. The fourth-order valence-electron chi connectivity index (χ4n) is 3.06. The van der Waals surface area contributed by atoms with Crippen molar-refractivity contribution in [1.29, 1.82) is 0 Å². The summed E-state index contributed by atoms with van der Waals surface area (Å²) < 4.78 is 1.80. The number of aromatic nitrogens is 5. The van der Waals surface area contributed by atoms with E-state index in [1.807, 2.05) is 56.6 Å². The Bertz CT molecular complexity index is 1140. The van der Waals surface area contributed by atoms with E-state index < -0.39 is 0 Å².